The molecule has 0 unspecified atom stereocenters. The maximum absolute atomic E-state index is 12.9. The second kappa shape index (κ2) is 6.99. The summed E-state index contributed by atoms with van der Waals surface area (Å²) in [6.07, 6.45) is 8.91. The zero-order valence-electron chi connectivity index (χ0n) is 14.0. The van der Waals surface area contributed by atoms with Crippen LogP contribution in [0.15, 0.2) is 36.8 Å². The quantitative estimate of drug-likeness (QED) is 0.860. The van der Waals surface area contributed by atoms with Crippen molar-refractivity contribution in [1.29, 1.82) is 0 Å². The van der Waals surface area contributed by atoms with Crippen LogP contribution in [0.25, 0.3) is 11.1 Å². The number of hydrogen-bond acceptors (Lipinski definition) is 2. The molecule has 4 nitrogen and oxygen atoms in total. The van der Waals surface area contributed by atoms with E-state index in [9.17, 15) is 4.79 Å². The van der Waals surface area contributed by atoms with E-state index < -0.39 is 0 Å². The van der Waals surface area contributed by atoms with Crippen molar-refractivity contribution in [2.45, 2.75) is 39.7 Å². The SMILES string of the molecule is CCCn1cc(-c2ccncc2)cc1C(=O)N1CCC(C)CC1. The van der Waals surface area contributed by atoms with Crippen LogP contribution in [0.1, 0.15) is 43.6 Å². The lowest BCUT2D eigenvalue weighted by Crippen LogP contribution is -2.38. The summed E-state index contributed by atoms with van der Waals surface area (Å²) in [6, 6.07) is 6.01. The summed E-state index contributed by atoms with van der Waals surface area (Å²) in [6.45, 7) is 7.03. The lowest BCUT2D eigenvalue weighted by molar-refractivity contribution is 0.0686. The molecule has 1 saturated heterocycles. The number of nitrogens with zero attached hydrogens (tertiary/aromatic N) is 3. The minimum absolute atomic E-state index is 0.172. The molecule has 1 amide bonds. The van der Waals surface area contributed by atoms with Crippen molar-refractivity contribution in [3.8, 4) is 11.1 Å². The lowest BCUT2D eigenvalue weighted by atomic mass is 9.99. The van der Waals surface area contributed by atoms with Crippen molar-refractivity contribution >= 4 is 5.91 Å². The van der Waals surface area contributed by atoms with Crippen LogP contribution in [-0.2, 0) is 6.54 Å². The van der Waals surface area contributed by atoms with E-state index in [0.29, 0.717) is 0 Å². The third-order valence-corrected chi connectivity index (χ3v) is 4.66. The fourth-order valence-corrected chi connectivity index (χ4v) is 3.19. The van der Waals surface area contributed by atoms with Crippen molar-refractivity contribution in [2.75, 3.05) is 13.1 Å². The first kappa shape index (κ1) is 15.8. The number of aryl methyl sites for hydroxylation is 1. The van der Waals surface area contributed by atoms with Crippen molar-refractivity contribution in [1.82, 2.24) is 14.5 Å². The van der Waals surface area contributed by atoms with E-state index in [1.54, 1.807) is 12.4 Å². The number of carbonyl (C=O) groups excluding carboxylic acids is 1. The maximum atomic E-state index is 12.9. The van der Waals surface area contributed by atoms with Crippen LogP contribution in [0.4, 0.5) is 0 Å². The third kappa shape index (κ3) is 3.46. The average Bonchev–Trinajstić information content (AvgIpc) is 3.00. The topological polar surface area (TPSA) is 38.1 Å². The van der Waals surface area contributed by atoms with Gasteiger partial charge in [0, 0.05) is 43.8 Å². The minimum atomic E-state index is 0.172. The van der Waals surface area contributed by atoms with Gasteiger partial charge in [-0.1, -0.05) is 13.8 Å². The van der Waals surface area contributed by atoms with Crippen LogP contribution in [0.3, 0.4) is 0 Å². The number of likely N-dealkylation sites (tertiary alicyclic amines) is 1. The summed E-state index contributed by atoms with van der Waals surface area (Å²) < 4.78 is 2.11. The maximum Gasteiger partial charge on any atom is 0.270 e. The molecule has 0 N–H and O–H groups in total. The molecule has 0 radical (unpaired) electrons. The predicted molar refractivity (Wildman–Crippen MR) is 92.3 cm³/mol. The number of piperidine rings is 1. The Hall–Kier alpha value is -2.10. The number of amides is 1. The van der Waals surface area contributed by atoms with Gasteiger partial charge in [-0.2, -0.15) is 0 Å². The first-order valence-corrected chi connectivity index (χ1v) is 8.59. The van der Waals surface area contributed by atoms with Gasteiger partial charge >= 0.3 is 0 Å². The summed E-state index contributed by atoms with van der Waals surface area (Å²) in [5.74, 6) is 0.902. The highest BCUT2D eigenvalue weighted by Crippen LogP contribution is 2.24. The van der Waals surface area contributed by atoms with Gasteiger partial charge in [0.05, 0.1) is 0 Å². The normalized spacial score (nSPS) is 15.8. The highest BCUT2D eigenvalue weighted by Gasteiger charge is 2.24. The van der Waals surface area contributed by atoms with Crippen LogP contribution < -0.4 is 0 Å². The van der Waals surface area contributed by atoms with Gasteiger partial charge < -0.3 is 9.47 Å². The monoisotopic (exact) mass is 311 g/mol. The Labute approximate surface area is 138 Å². The fraction of sp³-hybridized carbons (Fsp3) is 0.474. The smallest absolute Gasteiger partial charge is 0.270 e. The van der Waals surface area contributed by atoms with Crippen LogP contribution in [-0.4, -0.2) is 33.4 Å². The van der Waals surface area contributed by atoms with E-state index in [-0.39, 0.29) is 5.91 Å². The molecule has 2 aromatic rings. The van der Waals surface area contributed by atoms with E-state index >= 15 is 0 Å². The average molecular weight is 311 g/mol. The van der Waals surface area contributed by atoms with Crippen LogP contribution >= 0.6 is 0 Å². The molecule has 0 saturated carbocycles. The highest BCUT2D eigenvalue weighted by atomic mass is 16.2. The summed E-state index contributed by atoms with van der Waals surface area (Å²) in [4.78, 5) is 19.0. The highest BCUT2D eigenvalue weighted by molar-refractivity contribution is 5.94. The van der Waals surface area contributed by atoms with Crippen LogP contribution in [0.5, 0.6) is 0 Å². The fourth-order valence-electron chi connectivity index (χ4n) is 3.19. The van der Waals surface area contributed by atoms with E-state index in [2.05, 4.69) is 29.6 Å². The van der Waals surface area contributed by atoms with Gasteiger partial charge in [0.1, 0.15) is 5.69 Å². The minimum Gasteiger partial charge on any atom is -0.343 e. The van der Waals surface area contributed by atoms with E-state index in [1.165, 1.54) is 0 Å². The molecule has 0 bridgehead atoms. The predicted octanol–water partition coefficient (Wildman–Crippen LogP) is 3.83. The molecule has 1 aliphatic heterocycles. The molecule has 0 spiro atoms. The van der Waals surface area contributed by atoms with Crippen molar-refractivity contribution in [2.24, 2.45) is 5.92 Å². The number of pyridine rings is 1. The Bertz CT molecular complexity index is 655. The van der Waals surface area contributed by atoms with Gasteiger partial charge in [-0.15, -0.1) is 0 Å². The zero-order chi connectivity index (χ0) is 16.2. The number of aromatic nitrogens is 2. The zero-order valence-corrected chi connectivity index (χ0v) is 14.0. The Morgan fingerprint density at radius 1 is 1.22 bits per heavy atom. The largest absolute Gasteiger partial charge is 0.343 e. The molecule has 23 heavy (non-hydrogen) atoms. The molecule has 3 heterocycles. The molecule has 1 aliphatic rings. The molecule has 4 heteroatoms. The van der Waals surface area contributed by atoms with Gasteiger partial charge in [0.25, 0.3) is 5.91 Å². The van der Waals surface area contributed by atoms with Gasteiger partial charge in [-0.05, 0) is 48.9 Å². The Morgan fingerprint density at radius 2 is 1.91 bits per heavy atom. The first-order chi connectivity index (χ1) is 11.2. The standard InChI is InChI=1S/C19H25N3O/c1-3-10-22-14-17(16-4-8-20-9-5-16)13-18(22)19(23)21-11-6-15(2)7-12-21/h4-5,8-9,13-15H,3,6-7,10-12H2,1-2H3. The second-order valence-electron chi connectivity index (χ2n) is 6.52. The van der Waals surface area contributed by atoms with Gasteiger partial charge in [0.15, 0.2) is 0 Å². The number of carbonyl (C=O) groups is 1. The molecule has 122 valence electrons. The van der Waals surface area contributed by atoms with E-state index in [1.807, 2.05) is 23.1 Å². The molecule has 1 fully saturated rings. The Kier molecular flexibility index (Phi) is 4.79. The first-order valence-electron chi connectivity index (χ1n) is 8.59. The van der Waals surface area contributed by atoms with Gasteiger partial charge in [-0.25, -0.2) is 0 Å². The number of rotatable bonds is 4. The second-order valence-corrected chi connectivity index (χ2v) is 6.52. The molecule has 2 aromatic heterocycles. The van der Waals surface area contributed by atoms with Gasteiger partial charge in [-0.3, -0.25) is 9.78 Å². The Morgan fingerprint density at radius 3 is 2.57 bits per heavy atom. The Balaban J connectivity index is 1.88. The van der Waals surface area contributed by atoms with Crippen molar-refractivity contribution < 1.29 is 4.79 Å². The summed E-state index contributed by atoms with van der Waals surface area (Å²) in [5.41, 5.74) is 3.01. The lowest BCUT2D eigenvalue weighted by Gasteiger charge is -2.30. The van der Waals surface area contributed by atoms with E-state index in [0.717, 1.165) is 61.6 Å². The van der Waals surface area contributed by atoms with Crippen molar-refractivity contribution in [3.05, 3.63) is 42.5 Å². The van der Waals surface area contributed by atoms with Crippen molar-refractivity contribution in [3.63, 3.8) is 0 Å². The summed E-state index contributed by atoms with van der Waals surface area (Å²) >= 11 is 0. The molecule has 3 rings (SSSR count). The summed E-state index contributed by atoms with van der Waals surface area (Å²) in [7, 11) is 0. The molecular weight excluding hydrogens is 286 g/mol. The molecule has 0 aliphatic carbocycles. The van der Waals surface area contributed by atoms with E-state index in [4.69, 9.17) is 0 Å². The van der Waals surface area contributed by atoms with Crippen LogP contribution in [0, 0.1) is 5.92 Å². The summed E-state index contributed by atoms with van der Waals surface area (Å²) in [5, 5.41) is 0. The van der Waals surface area contributed by atoms with Gasteiger partial charge in [0.2, 0.25) is 0 Å². The van der Waals surface area contributed by atoms with Crippen LogP contribution in [0.2, 0.25) is 0 Å². The molecule has 0 atom stereocenters. The number of hydrogen-bond donors (Lipinski definition) is 0. The molecule has 0 aromatic carbocycles. The third-order valence-electron chi connectivity index (χ3n) is 4.66. The molecular formula is C19H25N3O.